The van der Waals surface area contributed by atoms with Crippen LogP contribution in [0.25, 0.3) is 0 Å². The van der Waals surface area contributed by atoms with E-state index in [1.165, 1.54) is 18.4 Å². The minimum atomic E-state index is -0.323. The van der Waals surface area contributed by atoms with E-state index in [9.17, 15) is 9.59 Å². The van der Waals surface area contributed by atoms with E-state index in [1.54, 1.807) is 0 Å². The van der Waals surface area contributed by atoms with Crippen molar-refractivity contribution in [2.24, 2.45) is 0 Å². The molecule has 1 N–H and O–H groups in total. The van der Waals surface area contributed by atoms with Crippen molar-refractivity contribution in [3.63, 3.8) is 0 Å². The van der Waals surface area contributed by atoms with Crippen molar-refractivity contribution in [2.45, 2.75) is 12.8 Å². The Morgan fingerprint density at radius 3 is 2.95 bits per heavy atom. The minimum Gasteiger partial charge on any atom is -0.469 e. The molecule has 0 bridgehead atoms. The SMILES string of the molecule is COC(=O)CCNC(=O)c1ccc2c(c1)CCN2C. The molecule has 5 heteroatoms. The van der Waals surface area contributed by atoms with Crippen LogP contribution in [0.2, 0.25) is 0 Å². The first-order valence-electron chi connectivity index (χ1n) is 6.31. The van der Waals surface area contributed by atoms with Crippen molar-refractivity contribution in [3.05, 3.63) is 29.3 Å². The molecule has 1 aliphatic heterocycles. The predicted molar refractivity (Wildman–Crippen MR) is 72.4 cm³/mol. The Hall–Kier alpha value is -2.04. The van der Waals surface area contributed by atoms with Crippen molar-refractivity contribution in [2.75, 3.05) is 32.1 Å². The third-order valence-corrected chi connectivity index (χ3v) is 3.31. The van der Waals surface area contributed by atoms with Crippen molar-refractivity contribution in [1.29, 1.82) is 0 Å². The molecule has 0 radical (unpaired) electrons. The number of anilines is 1. The summed E-state index contributed by atoms with van der Waals surface area (Å²) in [5, 5.41) is 2.71. The maximum Gasteiger partial charge on any atom is 0.307 e. The van der Waals surface area contributed by atoms with Crippen LogP contribution < -0.4 is 10.2 Å². The number of hydrogen-bond acceptors (Lipinski definition) is 4. The predicted octanol–water partition coefficient (Wildman–Crippen LogP) is 0.972. The molecule has 0 saturated carbocycles. The normalized spacial score (nSPS) is 13.1. The van der Waals surface area contributed by atoms with Gasteiger partial charge in [-0.1, -0.05) is 0 Å². The highest BCUT2D eigenvalue weighted by Crippen LogP contribution is 2.27. The van der Waals surface area contributed by atoms with E-state index in [1.807, 2.05) is 25.2 Å². The molecule has 0 atom stereocenters. The van der Waals surface area contributed by atoms with Gasteiger partial charge in [-0.2, -0.15) is 0 Å². The fourth-order valence-corrected chi connectivity index (χ4v) is 2.19. The van der Waals surface area contributed by atoms with Crippen LogP contribution in [0.1, 0.15) is 22.3 Å². The molecule has 1 aromatic rings. The first-order chi connectivity index (χ1) is 9.11. The van der Waals surface area contributed by atoms with Gasteiger partial charge in [-0.25, -0.2) is 0 Å². The van der Waals surface area contributed by atoms with E-state index >= 15 is 0 Å². The second kappa shape index (κ2) is 5.73. The van der Waals surface area contributed by atoms with Crippen molar-refractivity contribution in [3.8, 4) is 0 Å². The number of fused-ring (bicyclic) bond motifs is 1. The van der Waals surface area contributed by atoms with Crippen molar-refractivity contribution < 1.29 is 14.3 Å². The molecule has 2 rings (SSSR count). The molecule has 0 unspecified atom stereocenters. The molecule has 1 aliphatic rings. The molecule has 19 heavy (non-hydrogen) atoms. The number of carbonyl (C=O) groups is 2. The molecule has 0 aliphatic carbocycles. The number of rotatable bonds is 4. The quantitative estimate of drug-likeness (QED) is 0.822. The van der Waals surface area contributed by atoms with Crippen LogP contribution in [-0.2, 0) is 16.0 Å². The van der Waals surface area contributed by atoms with Gasteiger partial charge in [0.2, 0.25) is 0 Å². The van der Waals surface area contributed by atoms with Gasteiger partial charge >= 0.3 is 5.97 Å². The van der Waals surface area contributed by atoms with Crippen LogP contribution in [0.15, 0.2) is 18.2 Å². The summed E-state index contributed by atoms with van der Waals surface area (Å²) in [6.07, 6.45) is 1.16. The van der Waals surface area contributed by atoms with Gasteiger partial charge in [0.15, 0.2) is 0 Å². The molecule has 0 fully saturated rings. The maximum atomic E-state index is 11.9. The highest BCUT2D eigenvalue weighted by Gasteiger charge is 2.17. The summed E-state index contributed by atoms with van der Waals surface area (Å²) < 4.78 is 4.51. The first kappa shape index (κ1) is 13.4. The van der Waals surface area contributed by atoms with Crippen LogP contribution in [0.5, 0.6) is 0 Å². The zero-order valence-corrected chi connectivity index (χ0v) is 11.2. The lowest BCUT2D eigenvalue weighted by atomic mass is 10.1. The number of carbonyl (C=O) groups excluding carboxylic acids is 2. The Bertz CT molecular complexity index is 499. The van der Waals surface area contributed by atoms with Crippen molar-refractivity contribution in [1.82, 2.24) is 5.32 Å². The smallest absolute Gasteiger partial charge is 0.307 e. The molecule has 0 aromatic heterocycles. The zero-order chi connectivity index (χ0) is 13.8. The highest BCUT2D eigenvalue weighted by molar-refractivity contribution is 5.95. The monoisotopic (exact) mass is 262 g/mol. The van der Waals surface area contributed by atoms with Crippen molar-refractivity contribution >= 4 is 17.6 Å². The molecule has 1 amide bonds. The third-order valence-electron chi connectivity index (χ3n) is 3.31. The zero-order valence-electron chi connectivity index (χ0n) is 11.2. The summed E-state index contributed by atoms with van der Waals surface area (Å²) in [5.74, 6) is -0.475. The second-order valence-corrected chi connectivity index (χ2v) is 4.60. The van der Waals surface area contributed by atoms with Gasteiger partial charge in [0, 0.05) is 31.4 Å². The molecule has 102 valence electrons. The Morgan fingerprint density at radius 1 is 1.42 bits per heavy atom. The summed E-state index contributed by atoms with van der Waals surface area (Å²) in [5.41, 5.74) is 3.02. The second-order valence-electron chi connectivity index (χ2n) is 4.60. The molecule has 5 nitrogen and oxygen atoms in total. The minimum absolute atomic E-state index is 0.152. The molecule has 1 aromatic carbocycles. The molecular weight excluding hydrogens is 244 g/mol. The van der Waals surface area contributed by atoms with Gasteiger partial charge in [0.25, 0.3) is 5.91 Å². The van der Waals surface area contributed by atoms with Gasteiger partial charge in [0.1, 0.15) is 0 Å². The fourth-order valence-electron chi connectivity index (χ4n) is 2.19. The average Bonchev–Trinajstić information content (AvgIpc) is 2.79. The largest absolute Gasteiger partial charge is 0.469 e. The molecule has 1 heterocycles. The maximum absolute atomic E-state index is 11.9. The Labute approximate surface area is 112 Å². The van der Waals surface area contributed by atoms with E-state index in [4.69, 9.17) is 0 Å². The topological polar surface area (TPSA) is 58.6 Å². The first-order valence-corrected chi connectivity index (χ1v) is 6.31. The summed E-state index contributed by atoms with van der Waals surface area (Å²) in [6.45, 7) is 1.28. The number of ether oxygens (including phenoxy) is 1. The van der Waals surface area contributed by atoms with Crippen LogP contribution in [-0.4, -0.2) is 39.1 Å². The van der Waals surface area contributed by atoms with Gasteiger partial charge < -0.3 is 15.0 Å². The van der Waals surface area contributed by atoms with E-state index in [2.05, 4.69) is 15.0 Å². The van der Waals surface area contributed by atoms with Crippen LogP contribution in [0.4, 0.5) is 5.69 Å². The van der Waals surface area contributed by atoms with Gasteiger partial charge in [-0.05, 0) is 30.2 Å². The molecule has 0 saturated heterocycles. The number of esters is 1. The molecular formula is C14H18N2O3. The van der Waals surface area contributed by atoms with Crippen LogP contribution >= 0.6 is 0 Å². The number of nitrogens with one attached hydrogen (secondary N) is 1. The average molecular weight is 262 g/mol. The lowest BCUT2D eigenvalue weighted by Crippen LogP contribution is -2.26. The summed E-state index contributed by atoms with van der Waals surface area (Å²) in [4.78, 5) is 25.0. The third kappa shape index (κ3) is 3.05. The number of methoxy groups -OCH3 is 1. The Kier molecular flexibility index (Phi) is 4.04. The number of hydrogen-bond donors (Lipinski definition) is 1. The summed E-state index contributed by atoms with van der Waals surface area (Å²) >= 11 is 0. The van der Waals surface area contributed by atoms with Gasteiger partial charge in [-0.15, -0.1) is 0 Å². The lowest BCUT2D eigenvalue weighted by molar-refractivity contribution is -0.140. The lowest BCUT2D eigenvalue weighted by Gasteiger charge is -2.12. The Morgan fingerprint density at radius 2 is 2.21 bits per heavy atom. The van der Waals surface area contributed by atoms with Crippen LogP contribution in [0.3, 0.4) is 0 Å². The number of likely N-dealkylation sites (N-methyl/N-ethyl adjacent to an activating group) is 1. The number of nitrogens with zero attached hydrogens (tertiary/aromatic N) is 1. The fraction of sp³-hybridized carbons (Fsp3) is 0.429. The van der Waals surface area contributed by atoms with E-state index in [0.29, 0.717) is 12.1 Å². The Balaban J connectivity index is 1.95. The highest BCUT2D eigenvalue weighted by atomic mass is 16.5. The van der Waals surface area contributed by atoms with E-state index in [0.717, 1.165) is 13.0 Å². The van der Waals surface area contributed by atoms with E-state index in [-0.39, 0.29) is 18.3 Å². The summed E-state index contributed by atoms with van der Waals surface area (Å²) in [7, 11) is 3.38. The van der Waals surface area contributed by atoms with Gasteiger partial charge in [0.05, 0.1) is 13.5 Å². The standard InChI is InChI=1S/C14H18N2O3/c1-16-8-6-10-9-11(3-4-12(10)16)14(18)15-7-5-13(17)19-2/h3-4,9H,5-8H2,1-2H3,(H,15,18). The van der Waals surface area contributed by atoms with Gasteiger partial charge in [-0.3, -0.25) is 9.59 Å². The number of benzene rings is 1. The number of amides is 1. The molecule has 0 spiro atoms. The summed E-state index contributed by atoms with van der Waals surface area (Å²) in [6, 6.07) is 5.71. The van der Waals surface area contributed by atoms with E-state index < -0.39 is 0 Å². The van der Waals surface area contributed by atoms with Crippen LogP contribution in [0, 0.1) is 0 Å².